The minimum absolute atomic E-state index is 0.117. The second-order valence-electron chi connectivity index (χ2n) is 7.14. The molecule has 1 amide bonds. The van der Waals surface area contributed by atoms with E-state index in [1.54, 1.807) is 7.11 Å². The Labute approximate surface area is 171 Å². The van der Waals surface area contributed by atoms with Crippen LogP contribution in [0.25, 0.3) is 0 Å². The summed E-state index contributed by atoms with van der Waals surface area (Å²) in [7, 11) is 1.62. The molecule has 1 atom stereocenters. The van der Waals surface area contributed by atoms with Crippen LogP contribution in [0.4, 0.5) is 0 Å². The van der Waals surface area contributed by atoms with E-state index in [1.807, 2.05) is 74.0 Å². The van der Waals surface area contributed by atoms with Crippen molar-refractivity contribution in [2.75, 3.05) is 13.7 Å². The lowest BCUT2D eigenvalue weighted by molar-refractivity contribution is 0.0926. The number of benzene rings is 2. The van der Waals surface area contributed by atoms with E-state index in [1.165, 1.54) is 0 Å². The summed E-state index contributed by atoms with van der Waals surface area (Å²) in [5.41, 5.74) is 3.85. The Hall–Kier alpha value is -3.28. The summed E-state index contributed by atoms with van der Waals surface area (Å²) in [5, 5.41) is 7.44. The molecule has 1 heterocycles. The number of hydrogen-bond acceptors (Lipinski definition) is 4. The zero-order chi connectivity index (χ0) is 20.8. The van der Waals surface area contributed by atoms with Crippen LogP contribution in [0.3, 0.4) is 0 Å². The third-order valence-corrected chi connectivity index (χ3v) is 4.59. The van der Waals surface area contributed by atoms with E-state index in [-0.39, 0.29) is 11.9 Å². The molecule has 3 rings (SSSR count). The molecule has 1 N–H and O–H groups in total. The predicted octanol–water partition coefficient (Wildman–Crippen LogP) is 3.75. The lowest BCUT2D eigenvalue weighted by Gasteiger charge is -2.15. The molecule has 1 unspecified atom stereocenters. The fourth-order valence-corrected chi connectivity index (χ4v) is 3.01. The number of ether oxygens (including phenoxy) is 2. The molecule has 0 spiro atoms. The maximum atomic E-state index is 12.5. The molecule has 0 fully saturated rings. The minimum atomic E-state index is -0.126. The summed E-state index contributed by atoms with van der Waals surface area (Å²) >= 11 is 0. The van der Waals surface area contributed by atoms with E-state index in [0.29, 0.717) is 18.7 Å². The smallest absolute Gasteiger partial charge is 0.251 e. The number of rotatable bonds is 8. The number of hydrogen-bond donors (Lipinski definition) is 1. The lowest BCUT2D eigenvalue weighted by atomic mass is 10.1. The summed E-state index contributed by atoms with van der Waals surface area (Å²) in [6.07, 6.45) is 0. The van der Waals surface area contributed by atoms with E-state index in [9.17, 15) is 4.79 Å². The van der Waals surface area contributed by atoms with Crippen LogP contribution in [0.1, 0.15) is 34.2 Å². The Balaban J connectivity index is 1.51. The average molecular weight is 393 g/mol. The molecule has 0 aliphatic heterocycles. The predicted molar refractivity (Wildman–Crippen MR) is 113 cm³/mol. The van der Waals surface area contributed by atoms with E-state index in [4.69, 9.17) is 9.47 Å². The molecule has 6 heteroatoms. The lowest BCUT2D eigenvalue weighted by Crippen LogP contribution is -2.36. The highest BCUT2D eigenvalue weighted by Gasteiger charge is 2.11. The first-order valence-electron chi connectivity index (χ1n) is 9.62. The molecule has 0 bridgehead atoms. The quantitative estimate of drug-likeness (QED) is 0.633. The first-order valence-corrected chi connectivity index (χ1v) is 9.62. The highest BCUT2D eigenvalue weighted by atomic mass is 16.5. The molecular formula is C23H27N3O3. The maximum Gasteiger partial charge on any atom is 0.251 e. The van der Waals surface area contributed by atoms with E-state index in [2.05, 4.69) is 16.5 Å². The number of aryl methyl sites for hydroxylation is 2. The Bertz CT molecular complexity index is 947. The van der Waals surface area contributed by atoms with Crippen molar-refractivity contribution < 1.29 is 14.3 Å². The third-order valence-electron chi connectivity index (χ3n) is 4.59. The Morgan fingerprint density at radius 1 is 1.07 bits per heavy atom. The van der Waals surface area contributed by atoms with Gasteiger partial charge in [0.25, 0.3) is 5.91 Å². The van der Waals surface area contributed by atoms with Gasteiger partial charge in [0, 0.05) is 11.3 Å². The van der Waals surface area contributed by atoms with Gasteiger partial charge in [-0.2, -0.15) is 5.10 Å². The Kier molecular flexibility index (Phi) is 6.54. The van der Waals surface area contributed by atoms with Crippen molar-refractivity contribution in [2.24, 2.45) is 0 Å². The van der Waals surface area contributed by atoms with Crippen LogP contribution in [0.15, 0.2) is 54.6 Å². The van der Waals surface area contributed by atoms with Gasteiger partial charge in [0.2, 0.25) is 0 Å². The second kappa shape index (κ2) is 9.28. The molecule has 29 heavy (non-hydrogen) atoms. The maximum absolute atomic E-state index is 12.5. The first-order chi connectivity index (χ1) is 13.9. The first kappa shape index (κ1) is 20.5. The Morgan fingerprint density at radius 3 is 2.31 bits per heavy atom. The monoisotopic (exact) mass is 393 g/mol. The summed E-state index contributed by atoms with van der Waals surface area (Å²) in [4.78, 5) is 12.5. The molecule has 2 aromatic carbocycles. The van der Waals surface area contributed by atoms with Crippen molar-refractivity contribution in [3.63, 3.8) is 0 Å². The van der Waals surface area contributed by atoms with Gasteiger partial charge in [0.1, 0.15) is 18.1 Å². The molecule has 0 saturated carbocycles. The van der Waals surface area contributed by atoms with Crippen molar-refractivity contribution in [3.8, 4) is 11.5 Å². The summed E-state index contributed by atoms with van der Waals surface area (Å²) in [5.74, 6) is 1.40. The molecule has 0 saturated heterocycles. The van der Waals surface area contributed by atoms with E-state index < -0.39 is 0 Å². The van der Waals surface area contributed by atoms with Gasteiger partial charge in [0.15, 0.2) is 0 Å². The number of nitrogens with zero attached hydrogens (tertiary/aromatic N) is 2. The summed E-state index contributed by atoms with van der Waals surface area (Å²) < 4.78 is 12.8. The van der Waals surface area contributed by atoms with Crippen molar-refractivity contribution in [3.05, 3.63) is 77.1 Å². The van der Waals surface area contributed by atoms with Crippen LogP contribution < -0.4 is 14.8 Å². The van der Waals surface area contributed by atoms with Gasteiger partial charge in [-0.05, 0) is 68.8 Å². The number of methoxy groups -OCH3 is 1. The third kappa shape index (κ3) is 5.60. The van der Waals surface area contributed by atoms with Gasteiger partial charge in [-0.3, -0.25) is 9.48 Å². The normalized spacial score (nSPS) is 11.7. The van der Waals surface area contributed by atoms with Crippen LogP contribution in [0, 0.1) is 13.8 Å². The molecule has 3 aromatic rings. The van der Waals surface area contributed by atoms with Gasteiger partial charge in [-0.25, -0.2) is 0 Å². The topological polar surface area (TPSA) is 65.4 Å². The fraction of sp³-hybridized carbons (Fsp3) is 0.304. The molecule has 0 aliphatic rings. The molecule has 1 aromatic heterocycles. The molecule has 0 radical (unpaired) electrons. The van der Waals surface area contributed by atoms with Crippen LogP contribution in [-0.4, -0.2) is 35.4 Å². The zero-order valence-corrected chi connectivity index (χ0v) is 17.3. The van der Waals surface area contributed by atoms with Crippen LogP contribution in [0.2, 0.25) is 0 Å². The van der Waals surface area contributed by atoms with Crippen LogP contribution in [0.5, 0.6) is 11.5 Å². The number of carbonyl (C=O) groups is 1. The second-order valence-corrected chi connectivity index (χ2v) is 7.14. The number of amides is 1. The SMILES string of the molecule is COc1ccc(OCC(C)NC(=O)c2ccc(Cn3nc(C)cc3C)cc2)cc1. The summed E-state index contributed by atoms with van der Waals surface area (Å²) in [6, 6.07) is 16.9. The van der Waals surface area contributed by atoms with Crippen molar-refractivity contribution in [2.45, 2.75) is 33.4 Å². The van der Waals surface area contributed by atoms with Crippen molar-refractivity contribution in [1.29, 1.82) is 0 Å². The number of aromatic nitrogens is 2. The molecule has 0 aliphatic carbocycles. The molecule has 152 valence electrons. The Morgan fingerprint density at radius 2 is 1.72 bits per heavy atom. The van der Waals surface area contributed by atoms with Gasteiger partial charge in [-0.15, -0.1) is 0 Å². The minimum Gasteiger partial charge on any atom is -0.497 e. The standard InChI is InChI=1S/C23H27N3O3/c1-16-13-18(3)26(25-16)14-19-5-7-20(8-6-19)23(27)24-17(2)15-29-22-11-9-21(28-4)10-12-22/h5-13,17H,14-15H2,1-4H3,(H,24,27). The molecular weight excluding hydrogens is 366 g/mol. The molecule has 6 nitrogen and oxygen atoms in total. The van der Waals surface area contributed by atoms with Crippen molar-refractivity contribution in [1.82, 2.24) is 15.1 Å². The average Bonchev–Trinajstić information content (AvgIpc) is 3.04. The number of nitrogens with one attached hydrogen (secondary N) is 1. The zero-order valence-electron chi connectivity index (χ0n) is 17.3. The number of carbonyl (C=O) groups excluding carboxylic acids is 1. The largest absolute Gasteiger partial charge is 0.497 e. The van der Waals surface area contributed by atoms with E-state index >= 15 is 0 Å². The van der Waals surface area contributed by atoms with Gasteiger partial charge < -0.3 is 14.8 Å². The van der Waals surface area contributed by atoms with Gasteiger partial charge in [0.05, 0.1) is 25.4 Å². The van der Waals surface area contributed by atoms with Gasteiger partial charge in [-0.1, -0.05) is 12.1 Å². The van der Waals surface area contributed by atoms with Gasteiger partial charge >= 0.3 is 0 Å². The summed E-state index contributed by atoms with van der Waals surface area (Å²) in [6.45, 7) is 7.01. The highest BCUT2D eigenvalue weighted by molar-refractivity contribution is 5.94. The van der Waals surface area contributed by atoms with Crippen LogP contribution in [-0.2, 0) is 6.54 Å². The van der Waals surface area contributed by atoms with Crippen molar-refractivity contribution >= 4 is 5.91 Å². The van der Waals surface area contributed by atoms with E-state index in [0.717, 1.165) is 28.5 Å². The highest BCUT2D eigenvalue weighted by Crippen LogP contribution is 2.17. The van der Waals surface area contributed by atoms with Crippen LogP contribution >= 0.6 is 0 Å². The fourth-order valence-electron chi connectivity index (χ4n) is 3.01.